The molecule has 1 aliphatic heterocycles. The first kappa shape index (κ1) is 10.8. The van der Waals surface area contributed by atoms with Crippen molar-refractivity contribution < 1.29 is 9.47 Å². The second-order valence-electron chi connectivity index (χ2n) is 4.55. The molecule has 2 aromatic rings. The maximum Gasteiger partial charge on any atom is 0.182 e. The van der Waals surface area contributed by atoms with E-state index < -0.39 is 0 Å². The second kappa shape index (κ2) is 4.24. The van der Waals surface area contributed by atoms with Crippen molar-refractivity contribution in [3.63, 3.8) is 0 Å². The smallest absolute Gasteiger partial charge is 0.182 e. The van der Waals surface area contributed by atoms with Crippen LogP contribution in [0.5, 0.6) is 11.5 Å². The largest absolute Gasteiger partial charge is 0.485 e. The lowest BCUT2D eigenvalue weighted by Crippen LogP contribution is -2.14. The predicted molar refractivity (Wildman–Crippen MR) is 73.1 cm³/mol. The van der Waals surface area contributed by atoms with E-state index in [2.05, 4.69) is 0 Å². The van der Waals surface area contributed by atoms with E-state index >= 15 is 0 Å². The number of aromatic nitrogens is 1. The van der Waals surface area contributed by atoms with Crippen LogP contribution in [-0.2, 0) is 12.8 Å². The van der Waals surface area contributed by atoms with Gasteiger partial charge in [0.2, 0.25) is 0 Å². The molecule has 0 amide bonds. The van der Waals surface area contributed by atoms with Gasteiger partial charge in [-0.2, -0.15) is 0 Å². The summed E-state index contributed by atoms with van der Waals surface area (Å²) in [6.07, 6.45) is 4.91. The summed E-state index contributed by atoms with van der Waals surface area (Å²) in [6, 6.07) is 0. The Balaban J connectivity index is 1.78. The van der Waals surface area contributed by atoms with Crippen LogP contribution in [0.15, 0.2) is 5.38 Å². The molecular weight excluding hydrogens is 266 g/mol. The van der Waals surface area contributed by atoms with Crippen LogP contribution in [0.1, 0.15) is 23.4 Å². The molecule has 3 nitrogen and oxygen atoms in total. The van der Waals surface area contributed by atoms with Gasteiger partial charge in [-0.3, -0.25) is 0 Å². The maximum atomic E-state index is 5.73. The van der Waals surface area contributed by atoms with E-state index in [4.69, 9.17) is 14.5 Å². The van der Waals surface area contributed by atoms with E-state index in [1.807, 2.05) is 16.7 Å². The Bertz CT molecular complexity index is 564. The van der Waals surface area contributed by atoms with Crippen molar-refractivity contribution in [3.8, 4) is 21.4 Å². The molecule has 0 aromatic carbocycles. The Morgan fingerprint density at radius 2 is 2.00 bits per heavy atom. The standard InChI is InChI=1S/C13H13NO2S2/c1-2-4-10-8(3-1)14-13(18-10)12-11-9(7-17-12)15-5-6-16-11/h7H,1-6H2. The molecule has 2 aromatic heterocycles. The second-order valence-corrected chi connectivity index (χ2v) is 6.51. The monoisotopic (exact) mass is 279 g/mol. The molecule has 2 aliphatic rings. The van der Waals surface area contributed by atoms with Gasteiger partial charge < -0.3 is 9.47 Å². The first-order chi connectivity index (χ1) is 8.92. The topological polar surface area (TPSA) is 31.4 Å². The Morgan fingerprint density at radius 3 is 2.94 bits per heavy atom. The van der Waals surface area contributed by atoms with Gasteiger partial charge in [0.15, 0.2) is 11.5 Å². The van der Waals surface area contributed by atoms with Gasteiger partial charge in [-0.25, -0.2) is 4.98 Å². The summed E-state index contributed by atoms with van der Waals surface area (Å²) in [5.41, 5.74) is 1.31. The van der Waals surface area contributed by atoms with Crippen molar-refractivity contribution in [1.82, 2.24) is 4.98 Å². The average Bonchev–Trinajstić information content (AvgIpc) is 3.02. The number of nitrogens with zero attached hydrogens (tertiary/aromatic N) is 1. The fraction of sp³-hybridized carbons (Fsp3) is 0.462. The van der Waals surface area contributed by atoms with Crippen molar-refractivity contribution >= 4 is 22.7 Å². The SMILES string of the molecule is c1sc(-c2nc3c(s2)CCCC3)c2c1OCCO2. The van der Waals surface area contributed by atoms with Crippen LogP contribution >= 0.6 is 22.7 Å². The minimum absolute atomic E-state index is 0.641. The highest BCUT2D eigenvalue weighted by Gasteiger charge is 2.24. The molecule has 0 saturated heterocycles. The molecule has 0 saturated carbocycles. The number of ether oxygens (including phenoxy) is 2. The Labute approximate surface area is 113 Å². The van der Waals surface area contributed by atoms with E-state index in [0.717, 1.165) is 27.8 Å². The zero-order valence-electron chi connectivity index (χ0n) is 9.90. The molecule has 0 N–H and O–H groups in total. The van der Waals surface area contributed by atoms with Crippen LogP contribution in [0.3, 0.4) is 0 Å². The first-order valence-corrected chi connectivity index (χ1v) is 7.97. The van der Waals surface area contributed by atoms with Crippen LogP contribution in [0.2, 0.25) is 0 Å². The average molecular weight is 279 g/mol. The maximum absolute atomic E-state index is 5.73. The van der Waals surface area contributed by atoms with Crippen LogP contribution in [-0.4, -0.2) is 18.2 Å². The number of thiophene rings is 1. The molecule has 5 heteroatoms. The molecule has 0 atom stereocenters. The third-order valence-electron chi connectivity index (χ3n) is 3.34. The highest BCUT2D eigenvalue weighted by Crippen LogP contribution is 2.47. The molecule has 1 aliphatic carbocycles. The summed E-state index contributed by atoms with van der Waals surface area (Å²) in [5, 5.41) is 3.14. The van der Waals surface area contributed by atoms with Crippen molar-refractivity contribution in [2.45, 2.75) is 25.7 Å². The first-order valence-electron chi connectivity index (χ1n) is 6.28. The molecular formula is C13H13NO2S2. The quantitative estimate of drug-likeness (QED) is 0.800. The predicted octanol–water partition coefficient (Wildman–Crippen LogP) is 3.52. The molecule has 0 fully saturated rings. The van der Waals surface area contributed by atoms with E-state index in [9.17, 15) is 0 Å². The number of thiazole rings is 1. The van der Waals surface area contributed by atoms with Gasteiger partial charge in [-0.15, -0.1) is 22.7 Å². The lowest BCUT2D eigenvalue weighted by atomic mass is 10.0. The van der Waals surface area contributed by atoms with Crippen molar-refractivity contribution in [2.75, 3.05) is 13.2 Å². The third kappa shape index (κ3) is 1.65. The Kier molecular flexibility index (Phi) is 2.55. The van der Waals surface area contributed by atoms with Crippen LogP contribution < -0.4 is 9.47 Å². The van der Waals surface area contributed by atoms with Crippen molar-refractivity contribution in [3.05, 3.63) is 16.0 Å². The van der Waals surface area contributed by atoms with E-state index in [1.54, 1.807) is 11.3 Å². The van der Waals surface area contributed by atoms with Gasteiger partial charge in [0.1, 0.15) is 23.1 Å². The van der Waals surface area contributed by atoms with Crippen LogP contribution in [0, 0.1) is 0 Å². The summed E-state index contributed by atoms with van der Waals surface area (Å²) in [6.45, 7) is 1.29. The summed E-state index contributed by atoms with van der Waals surface area (Å²) in [5.74, 6) is 1.78. The summed E-state index contributed by atoms with van der Waals surface area (Å²) < 4.78 is 11.3. The highest BCUT2D eigenvalue weighted by molar-refractivity contribution is 7.21. The van der Waals surface area contributed by atoms with Crippen LogP contribution in [0.4, 0.5) is 0 Å². The molecule has 4 rings (SSSR count). The number of rotatable bonds is 1. The molecule has 18 heavy (non-hydrogen) atoms. The van der Waals surface area contributed by atoms with Gasteiger partial charge in [0, 0.05) is 10.3 Å². The third-order valence-corrected chi connectivity index (χ3v) is 5.59. The number of aryl methyl sites for hydroxylation is 2. The van der Waals surface area contributed by atoms with Crippen molar-refractivity contribution in [2.24, 2.45) is 0 Å². The van der Waals surface area contributed by atoms with Gasteiger partial charge in [-0.1, -0.05) is 0 Å². The van der Waals surface area contributed by atoms with Crippen LogP contribution in [0.25, 0.3) is 9.88 Å². The Morgan fingerprint density at radius 1 is 1.11 bits per heavy atom. The molecule has 94 valence electrons. The van der Waals surface area contributed by atoms with E-state index in [-0.39, 0.29) is 0 Å². The molecule has 0 spiro atoms. The molecule has 3 heterocycles. The lowest BCUT2D eigenvalue weighted by molar-refractivity contribution is 0.174. The number of hydrogen-bond donors (Lipinski definition) is 0. The number of hydrogen-bond acceptors (Lipinski definition) is 5. The van der Waals surface area contributed by atoms with E-state index in [0.29, 0.717) is 13.2 Å². The van der Waals surface area contributed by atoms with Gasteiger partial charge in [0.25, 0.3) is 0 Å². The van der Waals surface area contributed by atoms with Gasteiger partial charge in [0.05, 0.1) is 5.69 Å². The summed E-state index contributed by atoms with van der Waals surface area (Å²) in [4.78, 5) is 7.41. The molecule has 0 radical (unpaired) electrons. The normalized spacial score (nSPS) is 17.6. The summed E-state index contributed by atoms with van der Waals surface area (Å²) >= 11 is 3.51. The Hall–Kier alpha value is -1.07. The highest BCUT2D eigenvalue weighted by atomic mass is 32.1. The summed E-state index contributed by atoms with van der Waals surface area (Å²) in [7, 11) is 0. The lowest BCUT2D eigenvalue weighted by Gasteiger charge is -2.15. The zero-order valence-corrected chi connectivity index (χ0v) is 11.5. The van der Waals surface area contributed by atoms with Gasteiger partial charge >= 0.3 is 0 Å². The molecule has 0 unspecified atom stereocenters. The molecule has 0 bridgehead atoms. The number of fused-ring (bicyclic) bond motifs is 2. The van der Waals surface area contributed by atoms with Crippen molar-refractivity contribution in [1.29, 1.82) is 0 Å². The minimum Gasteiger partial charge on any atom is -0.485 e. The van der Waals surface area contributed by atoms with E-state index in [1.165, 1.54) is 29.8 Å². The minimum atomic E-state index is 0.641. The zero-order chi connectivity index (χ0) is 11.9. The van der Waals surface area contributed by atoms with Gasteiger partial charge in [-0.05, 0) is 25.7 Å². The fourth-order valence-electron chi connectivity index (χ4n) is 2.46. The fourth-order valence-corrected chi connectivity index (χ4v) is 4.63.